The molecule has 2 aromatic rings. The van der Waals surface area contributed by atoms with Crippen molar-refractivity contribution in [3.63, 3.8) is 0 Å². The van der Waals surface area contributed by atoms with Gasteiger partial charge in [0.15, 0.2) is 11.5 Å². The molecule has 0 aromatic heterocycles. The standard InChI is InChI=1S/C21H21FN2O4/c1-14-19(28-18-9-5-4-8-17(18)27-14)21(26)24-12-10-23(11-13-24)20(25)15-6-2-3-7-16(15)22/h2-9,14,19H,10-13H2,1H3. The van der Waals surface area contributed by atoms with Gasteiger partial charge in [-0.15, -0.1) is 0 Å². The molecule has 2 heterocycles. The van der Waals surface area contributed by atoms with Crippen molar-refractivity contribution in [3.8, 4) is 11.5 Å². The molecule has 1 fully saturated rings. The second-order valence-electron chi connectivity index (χ2n) is 6.91. The molecular weight excluding hydrogens is 363 g/mol. The van der Waals surface area contributed by atoms with Gasteiger partial charge in [0, 0.05) is 26.2 Å². The third kappa shape index (κ3) is 3.40. The van der Waals surface area contributed by atoms with Gasteiger partial charge in [-0.1, -0.05) is 24.3 Å². The van der Waals surface area contributed by atoms with Crippen LogP contribution in [0.3, 0.4) is 0 Å². The topological polar surface area (TPSA) is 59.1 Å². The van der Waals surface area contributed by atoms with E-state index in [2.05, 4.69) is 0 Å². The van der Waals surface area contributed by atoms with E-state index in [1.165, 1.54) is 12.1 Å². The minimum absolute atomic E-state index is 0.0523. The quantitative estimate of drug-likeness (QED) is 0.798. The zero-order valence-corrected chi connectivity index (χ0v) is 15.5. The van der Waals surface area contributed by atoms with Gasteiger partial charge in [-0.3, -0.25) is 9.59 Å². The SMILES string of the molecule is CC1Oc2ccccc2OC1C(=O)N1CCN(C(=O)c2ccccc2F)CC1. The van der Waals surface area contributed by atoms with Crippen LogP contribution < -0.4 is 9.47 Å². The first-order chi connectivity index (χ1) is 13.5. The Morgan fingerprint density at radius 3 is 2.14 bits per heavy atom. The Bertz CT molecular complexity index is 895. The largest absolute Gasteiger partial charge is 0.482 e. The van der Waals surface area contributed by atoms with Crippen molar-refractivity contribution in [3.05, 3.63) is 59.9 Å². The molecule has 2 aliphatic rings. The molecule has 28 heavy (non-hydrogen) atoms. The summed E-state index contributed by atoms with van der Waals surface area (Å²) in [6.07, 6.45) is -1.15. The highest BCUT2D eigenvalue weighted by atomic mass is 19.1. The number of fused-ring (bicyclic) bond motifs is 1. The van der Waals surface area contributed by atoms with Crippen LogP contribution in [0.2, 0.25) is 0 Å². The third-order valence-electron chi connectivity index (χ3n) is 5.07. The molecule has 6 nitrogen and oxygen atoms in total. The van der Waals surface area contributed by atoms with Crippen LogP contribution >= 0.6 is 0 Å². The Balaban J connectivity index is 1.39. The lowest BCUT2D eigenvalue weighted by atomic mass is 10.1. The summed E-state index contributed by atoms with van der Waals surface area (Å²) in [5, 5.41) is 0. The highest BCUT2D eigenvalue weighted by molar-refractivity contribution is 5.94. The van der Waals surface area contributed by atoms with Gasteiger partial charge in [-0.2, -0.15) is 0 Å². The van der Waals surface area contributed by atoms with Gasteiger partial charge >= 0.3 is 0 Å². The zero-order valence-electron chi connectivity index (χ0n) is 15.5. The molecule has 1 saturated heterocycles. The van der Waals surface area contributed by atoms with Crippen LogP contribution in [0.25, 0.3) is 0 Å². The lowest BCUT2D eigenvalue weighted by Gasteiger charge is -2.38. The van der Waals surface area contributed by atoms with Gasteiger partial charge in [0.05, 0.1) is 5.56 Å². The van der Waals surface area contributed by atoms with Crippen molar-refractivity contribution < 1.29 is 23.5 Å². The molecule has 2 unspecified atom stereocenters. The first-order valence-corrected chi connectivity index (χ1v) is 9.29. The normalized spacial score (nSPS) is 21.4. The maximum Gasteiger partial charge on any atom is 0.267 e. The first kappa shape index (κ1) is 18.3. The number of nitrogens with zero attached hydrogens (tertiary/aromatic N) is 2. The second-order valence-corrected chi connectivity index (χ2v) is 6.91. The predicted molar refractivity (Wildman–Crippen MR) is 99.8 cm³/mol. The number of ether oxygens (including phenoxy) is 2. The molecule has 146 valence electrons. The summed E-state index contributed by atoms with van der Waals surface area (Å²) >= 11 is 0. The van der Waals surface area contributed by atoms with Crippen LogP contribution in [-0.2, 0) is 4.79 Å². The number of carbonyl (C=O) groups excluding carboxylic acids is 2. The Morgan fingerprint density at radius 1 is 0.893 bits per heavy atom. The number of para-hydroxylation sites is 2. The summed E-state index contributed by atoms with van der Waals surface area (Å²) in [5.41, 5.74) is 0.0523. The van der Waals surface area contributed by atoms with E-state index in [-0.39, 0.29) is 17.4 Å². The van der Waals surface area contributed by atoms with Gasteiger partial charge in [0.1, 0.15) is 11.9 Å². The van der Waals surface area contributed by atoms with Gasteiger partial charge < -0.3 is 19.3 Å². The van der Waals surface area contributed by atoms with Gasteiger partial charge in [-0.25, -0.2) is 4.39 Å². The highest BCUT2D eigenvalue weighted by Crippen LogP contribution is 2.34. The summed E-state index contributed by atoms with van der Waals surface area (Å²) in [4.78, 5) is 28.7. The molecule has 0 spiro atoms. The van der Waals surface area contributed by atoms with E-state index < -0.39 is 18.0 Å². The average molecular weight is 384 g/mol. The van der Waals surface area contributed by atoms with Crippen LogP contribution in [0.1, 0.15) is 17.3 Å². The van der Waals surface area contributed by atoms with Gasteiger partial charge in [-0.05, 0) is 31.2 Å². The smallest absolute Gasteiger partial charge is 0.267 e. The Morgan fingerprint density at radius 2 is 1.46 bits per heavy atom. The molecule has 0 saturated carbocycles. The Labute approximate surface area is 162 Å². The van der Waals surface area contributed by atoms with E-state index >= 15 is 0 Å². The maximum atomic E-state index is 13.9. The van der Waals surface area contributed by atoms with Crippen molar-refractivity contribution in [2.45, 2.75) is 19.1 Å². The Hall–Kier alpha value is -3.09. The van der Waals surface area contributed by atoms with E-state index in [1.54, 1.807) is 41.0 Å². The van der Waals surface area contributed by atoms with E-state index in [1.807, 2.05) is 12.1 Å². The summed E-state index contributed by atoms with van der Waals surface area (Å²) in [7, 11) is 0. The molecule has 7 heteroatoms. The fraction of sp³-hybridized carbons (Fsp3) is 0.333. The molecule has 2 amide bonds. The first-order valence-electron chi connectivity index (χ1n) is 9.29. The minimum Gasteiger partial charge on any atom is -0.482 e. The molecular formula is C21H21FN2O4. The zero-order chi connectivity index (χ0) is 19.7. The monoisotopic (exact) mass is 384 g/mol. The van der Waals surface area contributed by atoms with Crippen molar-refractivity contribution >= 4 is 11.8 Å². The molecule has 2 aliphatic heterocycles. The maximum absolute atomic E-state index is 13.9. The average Bonchev–Trinajstić information content (AvgIpc) is 2.73. The molecule has 4 rings (SSSR count). The van der Waals surface area contributed by atoms with Crippen molar-refractivity contribution in [2.24, 2.45) is 0 Å². The van der Waals surface area contributed by atoms with E-state index in [0.717, 1.165) is 0 Å². The summed E-state index contributed by atoms with van der Waals surface area (Å²) < 4.78 is 25.5. The molecule has 0 bridgehead atoms. The van der Waals surface area contributed by atoms with Gasteiger partial charge in [0.25, 0.3) is 11.8 Å². The van der Waals surface area contributed by atoms with E-state index in [9.17, 15) is 14.0 Å². The number of halogens is 1. The predicted octanol–water partition coefficient (Wildman–Crippen LogP) is 2.34. The van der Waals surface area contributed by atoms with Crippen molar-refractivity contribution in [2.75, 3.05) is 26.2 Å². The summed E-state index contributed by atoms with van der Waals surface area (Å²) in [6, 6.07) is 13.2. The molecule has 2 atom stereocenters. The fourth-order valence-electron chi connectivity index (χ4n) is 3.51. The number of piperazine rings is 1. The van der Waals surface area contributed by atoms with Crippen LogP contribution in [0.4, 0.5) is 4.39 Å². The number of amides is 2. The van der Waals surface area contributed by atoms with Crippen LogP contribution in [0.15, 0.2) is 48.5 Å². The van der Waals surface area contributed by atoms with Crippen molar-refractivity contribution in [1.82, 2.24) is 9.80 Å². The lowest BCUT2D eigenvalue weighted by molar-refractivity contribution is -0.145. The molecule has 0 aliphatic carbocycles. The fourth-order valence-corrected chi connectivity index (χ4v) is 3.51. The molecule has 0 radical (unpaired) electrons. The van der Waals surface area contributed by atoms with E-state index in [4.69, 9.17) is 9.47 Å². The van der Waals surface area contributed by atoms with E-state index in [0.29, 0.717) is 37.7 Å². The van der Waals surface area contributed by atoms with Crippen LogP contribution in [0, 0.1) is 5.82 Å². The minimum atomic E-state index is -0.733. The molecule has 2 aromatic carbocycles. The second kappa shape index (κ2) is 7.50. The lowest BCUT2D eigenvalue weighted by Crippen LogP contribution is -2.56. The number of carbonyl (C=O) groups is 2. The highest BCUT2D eigenvalue weighted by Gasteiger charge is 2.38. The number of hydrogen-bond donors (Lipinski definition) is 0. The number of rotatable bonds is 2. The Kier molecular flexibility index (Phi) is 4.90. The summed E-state index contributed by atoms with van der Waals surface area (Å²) in [6.45, 7) is 3.23. The number of hydrogen-bond acceptors (Lipinski definition) is 4. The third-order valence-corrected chi connectivity index (χ3v) is 5.07. The van der Waals surface area contributed by atoms with Crippen molar-refractivity contribution in [1.29, 1.82) is 0 Å². The molecule has 0 N–H and O–H groups in total. The summed E-state index contributed by atoms with van der Waals surface area (Å²) in [5.74, 6) is 0.114. The van der Waals surface area contributed by atoms with Gasteiger partial charge in [0.2, 0.25) is 6.10 Å². The van der Waals surface area contributed by atoms with Crippen LogP contribution in [-0.4, -0.2) is 60.0 Å². The van der Waals surface area contributed by atoms with Crippen LogP contribution in [0.5, 0.6) is 11.5 Å². The number of benzene rings is 2.